The third-order valence-corrected chi connectivity index (χ3v) is 2.24. The largest absolute Gasteiger partial charge is 0.465 e. The SMILES string of the molecule is C=C(C(=O)OC)c1ccc(Cl)c([N+](=O)[O-])c1. The molecule has 5 nitrogen and oxygen atoms in total. The van der Waals surface area contributed by atoms with Gasteiger partial charge in [-0.2, -0.15) is 0 Å². The normalized spacial score (nSPS) is 9.62. The molecule has 0 N–H and O–H groups in total. The number of nitro groups is 1. The van der Waals surface area contributed by atoms with Crippen LogP contribution in [0.25, 0.3) is 5.57 Å². The van der Waals surface area contributed by atoms with Gasteiger partial charge in [-0.25, -0.2) is 4.79 Å². The average Bonchev–Trinajstić information content (AvgIpc) is 2.27. The zero-order valence-electron chi connectivity index (χ0n) is 8.40. The molecule has 0 saturated heterocycles. The monoisotopic (exact) mass is 241 g/mol. The first-order valence-corrected chi connectivity index (χ1v) is 4.56. The second-order valence-corrected chi connectivity index (χ2v) is 3.30. The van der Waals surface area contributed by atoms with Crippen molar-refractivity contribution in [2.75, 3.05) is 7.11 Å². The number of nitro benzene ring substituents is 1. The summed E-state index contributed by atoms with van der Waals surface area (Å²) in [6.07, 6.45) is 0. The molecular weight excluding hydrogens is 234 g/mol. The molecule has 84 valence electrons. The van der Waals surface area contributed by atoms with Gasteiger partial charge in [-0.05, 0) is 11.6 Å². The van der Waals surface area contributed by atoms with E-state index in [2.05, 4.69) is 11.3 Å². The van der Waals surface area contributed by atoms with Crippen molar-refractivity contribution in [1.82, 2.24) is 0 Å². The van der Waals surface area contributed by atoms with Crippen LogP contribution in [0.4, 0.5) is 5.69 Å². The summed E-state index contributed by atoms with van der Waals surface area (Å²) in [6, 6.07) is 3.99. The Morgan fingerprint density at radius 2 is 2.19 bits per heavy atom. The van der Waals surface area contributed by atoms with Crippen LogP contribution in [-0.4, -0.2) is 18.0 Å². The number of benzene rings is 1. The number of hydrogen-bond acceptors (Lipinski definition) is 4. The van der Waals surface area contributed by atoms with Gasteiger partial charge in [0.15, 0.2) is 0 Å². The van der Waals surface area contributed by atoms with Crippen molar-refractivity contribution in [3.05, 3.63) is 45.5 Å². The van der Waals surface area contributed by atoms with Crippen LogP contribution >= 0.6 is 11.6 Å². The van der Waals surface area contributed by atoms with E-state index in [-0.39, 0.29) is 16.3 Å². The molecule has 0 aliphatic rings. The van der Waals surface area contributed by atoms with Gasteiger partial charge < -0.3 is 4.74 Å². The van der Waals surface area contributed by atoms with Gasteiger partial charge in [-0.15, -0.1) is 0 Å². The zero-order valence-corrected chi connectivity index (χ0v) is 9.15. The Balaban J connectivity index is 3.18. The summed E-state index contributed by atoms with van der Waals surface area (Å²) >= 11 is 5.62. The topological polar surface area (TPSA) is 69.4 Å². The van der Waals surface area contributed by atoms with Crippen LogP contribution in [0.3, 0.4) is 0 Å². The highest BCUT2D eigenvalue weighted by molar-refractivity contribution is 6.32. The summed E-state index contributed by atoms with van der Waals surface area (Å²) in [5, 5.41) is 10.6. The number of hydrogen-bond donors (Lipinski definition) is 0. The summed E-state index contributed by atoms with van der Waals surface area (Å²) in [5.74, 6) is -0.642. The zero-order chi connectivity index (χ0) is 12.3. The molecule has 1 aromatic rings. The minimum atomic E-state index is -0.642. The maximum Gasteiger partial charge on any atom is 0.337 e. The predicted molar refractivity (Wildman–Crippen MR) is 59.2 cm³/mol. The second-order valence-electron chi connectivity index (χ2n) is 2.89. The van der Waals surface area contributed by atoms with E-state index in [4.69, 9.17) is 11.6 Å². The smallest absolute Gasteiger partial charge is 0.337 e. The first-order valence-electron chi connectivity index (χ1n) is 4.19. The molecule has 16 heavy (non-hydrogen) atoms. The van der Waals surface area contributed by atoms with E-state index in [1.54, 1.807) is 0 Å². The minimum absolute atomic E-state index is 0.00594. The van der Waals surface area contributed by atoms with E-state index < -0.39 is 10.9 Å². The number of esters is 1. The highest BCUT2D eigenvalue weighted by atomic mass is 35.5. The molecule has 0 heterocycles. The quantitative estimate of drug-likeness (QED) is 0.353. The van der Waals surface area contributed by atoms with E-state index in [0.29, 0.717) is 5.56 Å². The van der Waals surface area contributed by atoms with Gasteiger partial charge in [-0.1, -0.05) is 24.2 Å². The predicted octanol–water partition coefficient (Wildman–Crippen LogP) is 2.43. The lowest BCUT2D eigenvalue weighted by Gasteiger charge is -2.04. The van der Waals surface area contributed by atoms with E-state index in [9.17, 15) is 14.9 Å². The molecule has 0 aromatic heterocycles. The molecule has 0 unspecified atom stereocenters. The standard InChI is InChI=1S/C10H8ClNO4/c1-6(10(13)16-2)7-3-4-8(11)9(5-7)12(14)15/h3-5H,1H2,2H3. The lowest BCUT2D eigenvalue weighted by Crippen LogP contribution is -2.03. The molecule has 6 heteroatoms. The van der Waals surface area contributed by atoms with Gasteiger partial charge in [0, 0.05) is 6.07 Å². The van der Waals surface area contributed by atoms with E-state index in [0.717, 1.165) is 0 Å². The number of halogens is 1. The lowest BCUT2D eigenvalue weighted by atomic mass is 10.1. The van der Waals surface area contributed by atoms with Crippen LogP contribution in [0.2, 0.25) is 5.02 Å². The molecule has 1 rings (SSSR count). The van der Waals surface area contributed by atoms with Gasteiger partial charge in [0.05, 0.1) is 17.6 Å². The maximum absolute atomic E-state index is 11.2. The number of carbonyl (C=O) groups excluding carboxylic acids is 1. The van der Waals surface area contributed by atoms with Gasteiger partial charge in [-0.3, -0.25) is 10.1 Å². The van der Waals surface area contributed by atoms with Crippen molar-refractivity contribution < 1.29 is 14.5 Å². The number of ether oxygens (including phenoxy) is 1. The molecule has 0 spiro atoms. The first kappa shape index (κ1) is 12.2. The van der Waals surface area contributed by atoms with E-state index in [1.165, 1.54) is 25.3 Å². The van der Waals surface area contributed by atoms with E-state index >= 15 is 0 Å². The van der Waals surface area contributed by atoms with Gasteiger partial charge in [0.1, 0.15) is 5.02 Å². The van der Waals surface area contributed by atoms with Crippen LogP contribution < -0.4 is 0 Å². The fraction of sp³-hybridized carbons (Fsp3) is 0.100. The summed E-state index contributed by atoms with van der Waals surface area (Å²) in [5.41, 5.74) is 0.0782. The summed E-state index contributed by atoms with van der Waals surface area (Å²) < 4.78 is 4.46. The van der Waals surface area contributed by atoms with E-state index in [1.807, 2.05) is 0 Å². The number of carbonyl (C=O) groups is 1. The highest BCUT2D eigenvalue weighted by Crippen LogP contribution is 2.27. The Kier molecular flexibility index (Phi) is 3.63. The number of nitrogens with zero attached hydrogens (tertiary/aromatic N) is 1. The molecule has 0 fully saturated rings. The van der Waals surface area contributed by atoms with Crippen LogP contribution in [-0.2, 0) is 9.53 Å². The van der Waals surface area contributed by atoms with Crippen molar-refractivity contribution in [3.8, 4) is 0 Å². The van der Waals surface area contributed by atoms with Crippen molar-refractivity contribution in [3.63, 3.8) is 0 Å². The number of rotatable bonds is 3. The second kappa shape index (κ2) is 4.76. The van der Waals surface area contributed by atoms with Crippen LogP contribution in [0.5, 0.6) is 0 Å². The Morgan fingerprint density at radius 1 is 1.56 bits per heavy atom. The highest BCUT2D eigenvalue weighted by Gasteiger charge is 2.16. The molecule has 0 bridgehead atoms. The van der Waals surface area contributed by atoms with Crippen molar-refractivity contribution in [2.45, 2.75) is 0 Å². The first-order chi connectivity index (χ1) is 7.47. The molecule has 1 aromatic carbocycles. The third kappa shape index (κ3) is 2.38. The molecule has 0 saturated carbocycles. The molecule has 0 aliphatic carbocycles. The fourth-order valence-corrected chi connectivity index (χ4v) is 1.27. The minimum Gasteiger partial charge on any atom is -0.465 e. The van der Waals surface area contributed by atoms with Gasteiger partial charge >= 0.3 is 5.97 Å². The van der Waals surface area contributed by atoms with Crippen molar-refractivity contribution >= 4 is 28.8 Å². The maximum atomic E-state index is 11.2. The Labute approximate surface area is 96.4 Å². The fourth-order valence-electron chi connectivity index (χ4n) is 1.08. The Morgan fingerprint density at radius 3 is 2.69 bits per heavy atom. The van der Waals surface area contributed by atoms with Gasteiger partial charge in [0.2, 0.25) is 0 Å². The van der Waals surface area contributed by atoms with Crippen LogP contribution in [0.1, 0.15) is 5.56 Å². The molecular formula is C10H8ClNO4. The molecule has 0 amide bonds. The summed E-state index contributed by atoms with van der Waals surface area (Å²) in [4.78, 5) is 21.1. The van der Waals surface area contributed by atoms with Crippen LogP contribution in [0, 0.1) is 10.1 Å². The van der Waals surface area contributed by atoms with Crippen LogP contribution in [0.15, 0.2) is 24.8 Å². The van der Waals surface area contributed by atoms with Crippen molar-refractivity contribution in [1.29, 1.82) is 0 Å². The summed E-state index contributed by atoms with van der Waals surface area (Å²) in [7, 11) is 1.21. The Bertz CT molecular complexity index is 470. The van der Waals surface area contributed by atoms with Crippen molar-refractivity contribution in [2.24, 2.45) is 0 Å². The molecule has 0 atom stereocenters. The summed E-state index contributed by atoms with van der Waals surface area (Å²) in [6.45, 7) is 3.49. The van der Waals surface area contributed by atoms with Gasteiger partial charge in [0.25, 0.3) is 5.69 Å². The lowest BCUT2D eigenvalue weighted by molar-refractivity contribution is -0.384. The molecule has 0 radical (unpaired) electrons. The molecule has 0 aliphatic heterocycles. The Hall–Kier alpha value is -1.88. The third-order valence-electron chi connectivity index (χ3n) is 1.92. The average molecular weight is 242 g/mol. The number of methoxy groups -OCH3 is 1.